The number of nitrogens with zero attached hydrogens (tertiary/aromatic N) is 1. The maximum absolute atomic E-state index is 12.0. The molecule has 1 aliphatic carbocycles. The fourth-order valence-corrected chi connectivity index (χ4v) is 2.87. The Morgan fingerprint density at radius 1 is 1.05 bits per heavy atom. The first-order chi connectivity index (χ1) is 10.8. The standard InChI is InChI=1S/C18H25NO3/c20-18(16-6-7-16)19-10-8-17(9-11-19)22-13-12-21-14-15-4-2-1-3-5-15/h1-5,16-17H,6-14H2. The van der Waals surface area contributed by atoms with E-state index in [4.69, 9.17) is 9.47 Å². The highest BCUT2D eigenvalue weighted by Gasteiger charge is 2.34. The predicted octanol–water partition coefficient (Wildman–Crippen LogP) is 2.62. The minimum atomic E-state index is 0.281. The summed E-state index contributed by atoms with van der Waals surface area (Å²) in [6.07, 6.45) is 4.37. The Balaban J connectivity index is 1.25. The Labute approximate surface area is 132 Å². The predicted molar refractivity (Wildman–Crippen MR) is 84.4 cm³/mol. The number of hydrogen-bond acceptors (Lipinski definition) is 3. The van der Waals surface area contributed by atoms with Crippen LogP contribution in [0, 0.1) is 5.92 Å². The minimum absolute atomic E-state index is 0.281. The first kappa shape index (κ1) is 15.5. The van der Waals surface area contributed by atoms with E-state index in [0.717, 1.165) is 38.8 Å². The first-order valence-corrected chi connectivity index (χ1v) is 8.35. The lowest BCUT2D eigenvalue weighted by molar-refractivity contribution is -0.135. The number of ether oxygens (including phenoxy) is 2. The molecule has 4 heteroatoms. The maximum atomic E-state index is 12.0. The van der Waals surface area contributed by atoms with E-state index in [1.54, 1.807) is 0 Å². The zero-order valence-electron chi connectivity index (χ0n) is 13.1. The topological polar surface area (TPSA) is 38.8 Å². The number of rotatable bonds is 7. The van der Waals surface area contributed by atoms with Crippen LogP contribution in [0.2, 0.25) is 0 Å². The average Bonchev–Trinajstić information content (AvgIpc) is 3.40. The normalized spacial score (nSPS) is 19.4. The molecule has 0 N–H and O–H groups in total. The summed E-state index contributed by atoms with van der Waals surface area (Å²) in [5.74, 6) is 0.702. The third-order valence-electron chi connectivity index (χ3n) is 4.37. The van der Waals surface area contributed by atoms with E-state index in [1.165, 1.54) is 5.56 Å². The van der Waals surface area contributed by atoms with E-state index in [1.807, 2.05) is 23.1 Å². The molecule has 0 aromatic heterocycles. The Bertz CT molecular complexity index is 464. The first-order valence-electron chi connectivity index (χ1n) is 8.35. The number of benzene rings is 1. The van der Waals surface area contributed by atoms with Crippen molar-refractivity contribution in [2.75, 3.05) is 26.3 Å². The van der Waals surface area contributed by atoms with Crippen LogP contribution in [-0.2, 0) is 20.9 Å². The molecule has 1 amide bonds. The van der Waals surface area contributed by atoms with Crippen LogP contribution in [0.25, 0.3) is 0 Å². The Hall–Kier alpha value is -1.39. The van der Waals surface area contributed by atoms with Gasteiger partial charge in [0.1, 0.15) is 0 Å². The number of carbonyl (C=O) groups excluding carboxylic acids is 1. The molecule has 0 atom stereocenters. The minimum Gasteiger partial charge on any atom is -0.376 e. The van der Waals surface area contributed by atoms with Gasteiger partial charge in [0.25, 0.3) is 0 Å². The Kier molecular flexibility index (Phi) is 5.46. The van der Waals surface area contributed by atoms with Crippen LogP contribution in [-0.4, -0.2) is 43.2 Å². The van der Waals surface area contributed by atoms with Crippen LogP contribution in [0.4, 0.5) is 0 Å². The second-order valence-electron chi connectivity index (χ2n) is 6.21. The molecule has 1 heterocycles. The van der Waals surface area contributed by atoms with Crippen LogP contribution in [0.5, 0.6) is 0 Å². The summed E-state index contributed by atoms with van der Waals surface area (Å²) in [6, 6.07) is 10.2. The summed E-state index contributed by atoms with van der Waals surface area (Å²) < 4.78 is 11.5. The second-order valence-corrected chi connectivity index (χ2v) is 6.21. The molecule has 2 aliphatic rings. The van der Waals surface area contributed by atoms with Gasteiger partial charge in [0.05, 0.1) is 25.9 Å². The van der Waals surface area contributed by atoms with Crippen LogP contribution in [0.15, 0.2) is 30.3 Å². The van der Waals surface area contributed by atoms with Gasteiger partial charge in [-0.1, -0.05) is 30.3 Å². The number of piperidine rings is 1. The lowest BCUT2D eigenvalue weighted by Gasteiger charge is -2.32. The van der Waals surface area contributed by atoms with Gasteiger partial charge in [-0.2, -0.15) is 0 Å². The zero-order chi connectivity index (χ0) is 15.2. The van der Waals surface area contributed by atoms with Gasteiger partial charge < -0.3 is 14.4 Å². The van der Waals surface area contributed by atoms with Crippen LogP contribution >= 0.6 is 0 Å². The van der Waals surface area contributed by atoms with Crippen molar-refractivity contribution in [1.82, 2.24) is 4.90 Å². The summed E-state index contributed by atoms with van der Waals surface area (Å²) in [5.41, 5.74) is 1.19. The highest BCUT2D eigenvalue weighted by molar-refractivity contribution is 5.81. The van der Waals surface area contributed by atoms with Crippen molar-refractivity contribution >= 4 is 5.91 Å². The lowest BCUT2D eigenvalue weighted by Crippen LogP contribution is -2.41. The molecule has 1 saturated carbocycles. The molecule has 0 spiro atoms. The molecule has 120 valence electrons. The van der Waals surface area contributed by atoms with Crippen molar-refractivity contribution in [2.45, 2.75) is 38.4 Å². The van der Waals surface area contributed by atoms with Crippen molar-refractivity contribution < 1.29 is 14.3 Å². The number of likely N-dealkylation sites (tertiary alicyclic amines) is 1. The van der Waals surface area contributed by atoms with Crippen molar-refractivity contribution in [3.8, 4) is 0 Å². The summed E-state index contributed by atoms with van der Waals surface area (Å²) >= 11 is 0. The average molecular weight is 303 g/mol. The summed E-state index contributed by atoms with van der Waals surface area (Å²) in [5, 5.41) is 0. The lowest BCUT2D eigenvalue weighted by atomic mass is 10.1. The molecule has 4 nitrogen and oxygen atoms in total. The fraction of sp³-hybridized carbons (Fsp3) is 0.611. The molecule has 1 saturated heterocycles. The van der Waals surface area contributed by atoms with E-state index in [0.29, 0.717) is 31.6 Å². The van der Waals surface area contributed by atoms with Crippen LogP contribution in [0.1, 0.15) is 31.2 Å². The van der Waals surface area contributed by atoms with Crippen molar-refractivity contribution in [3.05, 3.63) is 35.9 Å². The van der Waals surface area contributed by atoms with Gasteiger partial charge in [0, 0.05) is 19.0 Å². The molecule has 0 radical (unpaired) electrons. The number of amides is 1. The van der Waals surface area contributed by atoms with Gasteiger partial charge in [-0.05, 0) is 31.2 Å². The van der Waals surface area contributed by atoms with E-state index in [9.17, 15) is 4.79 Å². The molecular formula is C18H25NO3. The quantitative estimate of drug-likeness (QED) is 0.727. The summed E-state index contributed by atoms with van der Waals surface area (Å²) in [6.45, 7) is 3.60. The molecule has 1 aromatic carbocycles. The third kappa shape index (κ3) is 4.55. The fourth-order valence-electron chi connectivity index (χ4n) is 2.87. The Morgan fingerprint density at radius 3 is 2.45 bits per heavy atom. The monoisotopic (exact) mass is 303 g/mol. The zero-order valence-corrected chi connectivity index (χ0v) is 13.1. The van der Waals surface area contributed by atoms with Crippen LogP contribution < -0.4 is 0 Å². The molecule has 0 unspecified atom stereocenters. The number of hydrogen-bond donors (Lipinski definition) is 0. The van der Waals surface area contributed by atoms with E-state index < -0.39 is 0 Å². The molecular weight excluding hydrogens is 278 g/mol. The Morgan fingerprint density at radius 2 is 1.77 bits per heavy atom. The van der Waals surface area contributed by atoms with Crippen LogP contribution in [0.3, 0.4) is 0 Å². The van der Waals surface area contributed by atoms with Gasteiger partial charge in [-0.3, -0.25) is 4.79 Å². The SMILES string of the molecule is O=C(C1CC1)N1CCC(OCCOCc2ccccc2)CC1. The molecule has 1 aromatic rings. The van der Waals surface area contributed by atoms with Crippen molar-refractivity contribution in [2.24, 2.45) is 5.92 Å². The maximum Gasteiger partial charge on any atom is 0.225 e. The molecule has 0 bridgehead atoms. The molecule has 22 heavy (non-hydrogen) atoms. The molecule has 3 rings (SSSR count). The number of carbonyl (C=O) groups is 1. The second kappa shape index (κ2) is 7.75. The van der Waals surface area contributed by atoms with Gasteiger partial charge in [-0.15, -0.1) is 0 Å². The van der Waals surface area contributed by atoms with Gasteiger partial charge in [0.15, 0.2) is 0 Å². The van der Waals surface area contributed by atoms with E-state index in [-0.39, 0.29) is 6.10 Å². The van der Waals surface area contributed by atoms with Crippen molar-refractivity contribution in [1.29, 1.82) is 0 Å². The smallest absolute Gasteiger partial charge is 0.225 e. The highest BCUT2D eigenvalue weighted by atomic mass is 16.5. The third-order valence-corrected chi connectivity index (χ3v) is 4.37. The van der Waals surface area contributed by atoms with E-state index >= 15 is 0 Å². The largest absolute Gasteiger partial charge is 0.376 e. The molecule has 1 aliphatic heterocycles. The summed E-state index contributed by atoms with van der Waals surface area (Å²) in [7, 11) is 0. The van der Waals surface area contributed by atoms with E-state index in [2.05, 4.69) is 12.1 Å². The molecule has 2 fully saturated rings. The van der Waals surface area contributed by atoms with Gasteiger partial charge in [0.2, 0.25) is 5.91 Å². The van der Waals surface area contributed by atoms with Gasteiger partial charge >= 0.3 is 0 Å². The highest BCUT2D eigenvalue weighted by Crippen LogP contribution is 2.32. The van der Waals surface area contributed by atoms with Crippen molar-refractivity contribution in [3.63, 3.8) is 0 Å². The summed E-state index contributed by atoms with van der Waals surface area (Å²) in [4.78, 5) is 14.0. The van der Waals surface area contributed by atoms with Gasteiger partial charge in [-0.25, -0.2) is 0 Å².